The van der Waals surface area contributed by atoms with Gasteiger partial charge in [-0.2, -0.15) is 5.10 Å². The van der Waals surface area contributed by atoms with Gasteiger partial charge < -0.3 is 5.73 Å². The Balaban J connectivity index is 2.63. The molecule has 2 rings (SSSR count). The number of hydrogen-bond acceptors (Lipinski definition) is 2. The van der Waals surface area contributed by atoms with Crippen LogP contribution in [0, 0.1) is 12.3 Å². The number of nitrogens with two attached hydrogens (primary N) is 1. The van der Waals surface area contributed by atoms with Crippen LogP contribution in [-0.2, 0) is 6.54 Å². The summed E-state index contributed by atoms with van der Waals surface area (Å²) in [7, 11) is 0. The molecule has 0 unspecified atom stereocenters. The molecule has 3 heteroatoms. The lowest BCUT2D eigenvalue weighted by atomic mass is 10.2. The Kier molecular flexibility index (Phi) is 1.67. The van der Waals surface area contributed by atoms with Crippen molar-refractivity contribution in [2.75, 3.05) is 5.73 Å². The summed E-state index contributed by atoms with van der Waals surface area (Å²) in [6.07, 6.45) is 6.97. The highest BCUT2D eigenvalue weighted by molar-refractivity contribution is 5.81. The molecule has 13 heavy (non-hydrogen) atoms. The van der Waals surface area contributed by atoms with Gasteiger partial charge in [0.25, 0.3) is 0 Å². The van der Waals surface area contributed by atoms with Gasteiger partial charge in [0.1, 0.15) is 6.54 Å². The van der Waals surface area contributed by atoms with Crippen molar-refractivity contribution in [3.8, 4) is 12.3 Å². The molecule has 64 valence electrons. The first-order chi connectivity index (χ1) is 6.31. The molecule has 2 N–H and O–H groups in total. The predicted molar refractivity (Wildman–Crippen MR) is 53.0 cm³/mol. The van der Waals surface area contributed by atoms with Crippen molar-refractivity contribution in [3.05, 3.63) is 24.4 Å². The van der Waals surface area contributed by atoms with Crippen LogP contribution in [0.1, 0.15) is 0 Å². The van der Waals surface area contributed by atoms with Gasteiger partial charge in [-0.05, 0) is 18.2 Å². The first-order valence-electron chi connectivity index (χ1n) is 3.96. The second-order valence-corrected chi connectivity index (χ2v) is 2.82. The topological polar surface area (TPSA) is 43.8 Å². The van der Waals surface area contributed by atoms with Crippen LogP contribution in [0.25, 0.3) is 10.9 Å². The number of nitrogen functional groups attached to an aromatic ring is 1. The van der Waals surface area contributed by atoms with Crippen LogP contribution in [0.3, 0.4) is 0 Å². The molecule has 0 bridgehead atoms. The normalized spacial score (nSPS) is 10.1. The van der Waals surface area contributed by atoms with E-state index in [2.05, 4.69) is 11.0 Å². The molecule has 0 radical (unpaired) electrons. The maximum atomic E-state index is 5.63. The zero-order valence-corrected chi connectivity index (χ0v) is 7.07. The Morgan fingerprint density at radius 3 is 3.15 bits per heavy atom. The lowest BCUT2D eigenvalue weighted by Gasteiger charge is -1.97. The highest BCUT2D eigenvalue weighted by atomic mass is 15.3. The summed E-state index contributed by atoms with van der Waals surface area (Å²) < 4.78 is 1.77. The first-order valence-corrected chi connectivity index (χ1v) is 3.96. The molecule has 1 aromatic carbocycles. The number of nitrogens with zero attached hydrogens (tertiary/aromatic N) is 2. The van der Waals surface area contributed by atoms with Crippen molar-refractivity contribution in [1.29, 1.82) is 0 Å². The summed E-state index contributed by atoms with van der Waals surface area (Å²) in [4.78, 5) is 0. The van der Waals surface area contributed by atoms with Gasteiger partial charge in [-0.3, -0.25) is 4.68 Å². The predicted octanol–water partition coefficient (Wildman–Crippen LogP) is 1.25. The van der Waals surface area contributed by atoms with Crippen molar-refractivity contribution >= 4 is 16.6 Å². The van der Waals surface area contributed by atoms with Crippen LogP contribution in [0.5, 0.6) is 0 Å². The minimum absolute atomic E-state index is 0.493. The third kappa shape index (κ3) is 1.23. The third-order valence-corrected chi connectivity index (χ3v) is 1.91. The summed E-state index contributed by atoms with van der Waals surface area (Å²) in [5.74, 6) is 2.55. The van der Waals surface area contributed by atoms with Crippen molar-refractivity contribution in [3.63, 3.8) is 0 Å². The van der Waals surface area contributed by atoms with Gasteiger partial charge in [-0.1, -0.05) is 5.92 Å². The van der Waals surface area contributed by atoms with Crippen molar-refractivity contribution in [2.24, 2.45) is 0 Å². The quantitative estimate of drug-likeness (QED) is 0.518. The van der Waals surface area contributed by atoms with Gasteiger partial charge >= 0.3 is 0 Å². The molecule has 0 aliphatic rings. The Hall–Kier alpha value is -1.95. The Morgan fingerprint density at radius 2 is 2.38 bits per heavy atom. The molecular weight excluding hydrogens is 162 g/mol. The molecule has 2 aromatic rings. The number of anilines is 1. The molecule has 0 atom stereocenters. The molecule has 0 spiro atoms. The van der Waals surface area contributed by atoms with Gasteiger partial charge in [-0.15, -0.1) is 6.42 Å². The average molecular weight is 171 g/mol. The molecular formula is C10H9N3. The smallest absolute Gasteiger partial charge is 0.102 e. The summed E-state index contributed by atoms with van der Waals surface area (Å²) >= 11 is 0. The van der Waals surface area contributed by atoms with Crippen LogP contribution in [0.4, 0.5) is 5.69 Å². The monoisotopic (exact) mass is 171 g/mol. The number of hydrogen-bond donors (Lipinski definition) is 1. The lowest BCUT2D eigenvalue weighted by molar-refractivity contribution is 0.743. The highest BCUT2D eigenvalue weighted by Gasteiger charge is 2.00. The fourth-order valence-electron chi connectivity index (χ4n) is 1.32. The van der Waals surface area contributed by atoms with E-state index in [9.17, 15) is 0 Å². The van der Waals surface area contributed by atoms with Crippen LogP contribution in [0.15, 0.2) is 24.4 Å². The zero-order chi connectivity index (χ0) is 9.26. The Bertz CT molecular complexity index is 476. The van der Waals surface area contributed by atoms with E-state index < -0.39 is 0 Å². The van der Waals surface area contributed by atoms with E-state index in [1.165, 1.54) is 0 Å². The van der Waals surface area contributed by atoms with Crippen molar-refractivity contribution in [2.45, 2.75) is 6.54 Å². The van der Waals surface area contributed by atoms with E-state index in [1.807, 2.05) is 18.2 Å². The van der Waals surface area contributed by atoms with Gasteiger partial charge in [0, 0.05) is 11.1 Å². The van der Waals surface area contributed by atoms with Gasteiger partial charge in [-0.25, -0.2) is 0 Å². The van der Waals surface area contributed by atoms with E-state index in [0.717, 1.165) is 16.6 Å². The van der Waals surface area contributed by atoms with Gasteiger partial charge in [0.2, 0.25) is 0 Å². The van der Waals surface area contributed by atoms with Gasteiger partial charge in [0.15, 0.2) is 0 Å². The van der Waals surface area contributed by atoms with E-state index in [1.54, 1.807) is 10.9 Å². The molecule has 0 aliphatic heterocycles. The number of rotatable bonds is 1. The Morgan fingerprint density at radius 1 is 1.54 bits per heavy atom. The minimum Gasteiger partial charge on any atom is -0.399 e. The molecule has 1 heterocycles. The molecule has 1 aromatic heterocycles. The zero-order valence-electron chi connectivity index (χ0n) is 7.07. The fourth-order valence-corrected chi connectivity index (χ4v) is 1.32. The maximum absolute atomic E-state index is 5.63. The lowest BCUT2D eigenvalue weighted by Crippen LogP contribution is -1.96. The highest BCUT2D eigenvalue weighted by Crippen LogP contribution is 2.16. The van der Waals surface area contributed by atoms with Crippen LogP contribution in [0.2, 0.25) is 0 Å². The summed E-state index contributed by atoms with van der Waals surface area (Å²) in [5.41, 5.74) is 7.39. The summed E-state index contributed by atoms with van der Waals surface area (Å²) in [6, 6.07) is 5.65. The van der Waals surface area contributed by atoms with Crippen LogP contribution < -0.4 is 5.73 Å². The van der Waals surface area contributed by atoms with Crippen molar-refractivity contribution < 1.29 is 0 Å². The largest absolute Gasteiger partial charge is 0.399 e. The molecule has 0 aliphatic carbocycles. The molecule has 0 amide bonds. The second kappa shape index (κ2) is 2.83. The summed E-state index contributed by atoms with van der Waals surface area (Å²) in [6.45, 7) is 0.493. The number of aromatic nitrogens is 2. The van der Waals surface area contributed by atoms with Crippen LogP contribution >= 0.6 is 0 Å². The molecule has 0 fully saturated rings. The number of terminal acetylenes is 1. The molecule has 0 saturated heterocycles. The first kappa shape index (κ1) is 7.69. The second-order valence-electron chi connectivity index (χ2n) is 2.82. The summed E-state index contributed by atoms with van der Waals surface area (Å²) in [5, 5.41) is 5.17. The van der Waals surface area contributed by atoms with Gasteiger partial charge in [0.05, 0.1) is 11.7 Å². The van der Waals surface area contributed by atoms with Crippen molar-refractivity contribution in [1.82, 2.24) is 9.78 Å². The van der Waals surface area contributed by atoms with E-state index in [-0.39, 0.29) is 0 Å². The van der Waals surface area contributed by atoms with Crippen LogP contribution in [-0.4, -0.2) is 9.78 Å². The average Bonchev–Trinajstić information content (AvgIpc) is 2.49. The van der Waals surface area contributed by atoms with E-state index in [4.69, 9.17) is 12.2 Å². The van der Waals surface area contributed by atoms with E-state index in [0.29, 0.717) is 6.54 Å². The Labute approximate surface area is 76.2 Å². The third-order valence-electron chi connectivity index (χ3n) is 1.91. The SMILES string of the molecule is C#CCn1ncc2cc(N)ccc21. The molecule has 3 nitrogen and oxygen atoms in total. The number of fused-ring (bicyclic) bond motifs is 1. The van der Waals surface area contributed by atoms with E-state index >= 15 is 0 Å². The number of benzene rings is 1. The standard InChI is InChI=1S/C10H9N3/c1-2-5-13-10-4-3-9(11)6-8(10)7-12-13/h1,3-4,6-7H,5,11H2. The fraction of sp³-hybridized carbons (Fsp3) is 0.100. The maximum Gasteiger partial charge on any atom is 0.102 e. The minimum atomic E-state index is 0.493. The molecule has 0 saturated carbocycles.